The van der Waals surface area contributed by atoms with Crippen LogP contribution in [0.4, 0.5) is 0 Å². The molecule has 1 heterocycles. The summed E-state index contributed by atoms with van der Waals surface area (Å²) in [7, 11) is 0. The second kappa shape index (κ2) is 3.59. The van der Waals surface area contributed by atoms with Gasteiger partial charge in [-0.3, -0.25) is 0 Å². The molecule has 1 aromatic heterocycles. The molecule has 0 aliphatic heterocycles. The smallest absolute Gasteiger partial charge is 0.110 e. The van der Waals surface area contributed by atoms with Gasteiger partial charge in [0.1, 0.15) is 5.82 Å². The number of rotatable bonds is 3. The van der Waals surface area contributed by atoms with Gasteiger partial charge in [-0.1, -0.05) is 6.07 Å². The maximum Gasteiger partial charge on any atom is 0.110 e. The summed E-state index contributed by atoms with van der Waals surface area (Å²) in [6.07, 6.45) is 2.94. The van der Waals surface area contributed by atoms with E-state index < -0.39 is 0 Å². The summed E-state index contributed by atoms with van der Waals surface area (Å²) in [5.41, 5.74) is 3.30. The Morgan fingerprint density at radius 1 is 1.50 bits per heavy atom. The topological polar surface area (TPSA) is 48.9 Å². The van der Waals surface area contributed by atoms with E-state index in [1.165, 1.54) is 12.8 Å². The second-order valence-electron chi connectivity index (χ2n) is 4.80. The number of imidazole rings is 1. The molecule has 2 aromatic rings. The normalized spacial score (nSPS) is 17.9. The van der Waals surface area contributed by atoms with Crippen LogP contribution in [0, 0.1) is 0 Å². The minimum Gasteiger partial charge on any atom is -0.393 e. The molecule has 1 aliphatic rings. The first-order valence-electron chi connectivity index (χ1n) is 5.89. The van der Waals surface area contributed by atoms with Crippen molar-refractivity contribution < 1.29 is 5.11 Å². The fraction of sp³-hybridized carbons (Fsp3) is 0.462. The lowest BCUT2D eigenvalue weighted by molar-refractivity contribution is 0.195. The quantitative estimate of drug-likeness (QED) is 0.827. The van der Waals surface area contributed by atoms with E-state index in [1.807, 2.05) is 19.1 Å². The number of aromatic amines is 1. The first kappa shape index (κ1) is 9.85. The van der Waals surface area contributed by atoms with Crippen molar-refractivity contribution in [3.8, 4) is 0 Å². The molecule has 1 saturated carbocycles. The Labute approximate surface area is 94.5 Å². The van der Waals surface area contributed by atoms with Crippen molar-refractivity contribution in [3.05, 3.63) is 29.6 Å². The lowest BCUT2D eigenvalue weighted by Crippen LogP contribution is -2.03. The van der Waals surface area contributed by atoms with Crippen molar-refractivity contribution in [2.24, 2.45) is 0 Å². The molecule has 0 bridgehead atoms. The van der Waals surface area contributed by atoms with Crippen LogP contribution in [0.1, 0.15) is 37.1 Å². The van der Waals surface area contributed by atoms with Gasteiger partial charge in [-0.05, 0) is 43.9 Å². The highest BCUT2D eigenvalue weighted by Gasteiger charge is 2.26. The first-order chi connectivity index (χ1) is 7.72. The molecular weight excluding hydrogens is 200 g/mol. The van der Waals surface area contributed by atoms with Gasteiger partial charge in [0, 0.05) is 5.92 Å². The van der Waals surface area contributed by atoms with Gasteiger partial charge in [0.25, 0.3) is 0 Å². The van der Waals surface area contributed by atoms with Gasteiger partial charge in [-0.25, -0.2) is 4.98 Å². The zero-order chi connectivity index (χ0) is 11.1. The molecule has 3 nitrogen and oxygen atoms in total. The molecule has 3 heteroatoms. The van der Waals surface area contributed by atoms with Crippen LogP contribution < -0.4 is 0 Å². The number of H-pyrrole nitrogens is 1. The van der Waals surface area contributed by atoms with Gasteiger partial charge in [0.15, 0.2) is 0 Å². The number of benzene rings is 1. The lowest BCUT2D eigenvalue weighted by Gasteiger charge is -2.03. The number of nitrogens with zero attached hydrogens (tertiary/aromatic N) is 1. The van der Waals surface area contributed by atoms with E-state index in [1.54, 1.807) is 0 Å². The third-order valence-electron chi connectivity index (χ3n) is 3.06. The van der Waals surface area contributed by atoms with E-state index in [0.29, 0.717) is 12.3 Å². The van der Waals surface area contributed by atoms with Crippen LogP contribution in [0.5, 0.6) is 0 Å². The van der Waals surface area contributed by atoms with Crippen LogP contribution in [0.25, 0.3) is 11.0 Å². The molecule has 1 fully saturated rings. The Hall–Kier alpha value is -1.35. The van der Waals surface area contributed by atoms with E-state index in [9.17, 15) is 5.11 Å². The number of aromatic nitrogens is 2. The van der Waals surface area contributed by atoms with E-state index in [4.69, 9.17) is 0 Å². The van der Waals surface area contributed by atoms with E-state index in [0.717, 1.165) is 22.4 Å². The number of aliphatic hydroxyl groups is 1. The van der Waals surface area contributed by atoms with Crippen molar-refractivity contribution in [1.82, 2.24) is 9.97 Å². The third kappa shape index (κ3) is 1.83. The zero-order valence-electron chi connectivity index (χ0n) is 9.40. The maximum atomic E-state index is 9.36. The summed E-state index contributed by atoms with van der Waals surface area (Å²) in [6, 6.07) is 6.18. The third-order valence-corrected chi connectivity index (χ3v) is 3.06. The minimum absolute atomic E-state index is 0.289. The summed E-state index contributed by atoms with van der Waals surface area (Å²) in [5.74, 6) is 1.79. The number of hydrogen-bond acceptors (Lipinski definition) is 2. The number of aliphatic hydroxyl groups excluding tert-OH is 1. The maximum absolute atomic E-state index is 9.36. The van der Waals surface area contributed by atoms with Gasteiger partial charge in [0.05, 0.1) is 17.1 Å². The Balaban J connectivity index is 1.96. The average molecular weight is 216 g/mol. The van der Waals surface area contributed by atoms with Crippen molar-refractivity contribution in [2.75, 3.05) is 0 Å². The molecule has 2 N–H and O–H groups in total. The molecule has 1 aliphatic carbocycles. The van der Waals surface area contributed by atoms with Crippen LogP contribution in [-0.2, 0) is 6.42 Å². The van der Waals surface area contributed by atoms with Gasteiger partial charge in [0.2, 0.25) is 0 Å². The summed E-state index contributed by atoms with van der Waals surface area (Å²) in [4.78, 5) is 7.96. The van der Waals surface area contributed by atoms with Crippen molar-refractivity contribution in [3.63, 3.8) is 0 Å². The highest BCUT2D eigenvalue weighted by molar-refractivity contribution is 5.76. The van der Waals surface area contributed by atoms with Crippen LogP contribution in [0.15, 0.2) is 18.2 Å². The van der Waals surface area contributed by atoms with E-state index in [-0.39, 0.29) is 6.10 Å². The molecule has 0 spiro atoms. The van der Waals surface area contributed by atoms with Gasteiger partial charge < -0.3 is 10.1 Å². The molecule has 3 rings (SSSR count). The molecule has 0 amide bonds. The van der Waals surface area contributed by atoms with Gasteiger partial charge in [-0.15, -0.1) is 0 Å². The first-order valence-corrected chi connectivity index (χ1v) is 5.89. The molecule has 0 radical (unpaired) electrons. The van der Waals surface area contributed by atoms with Crippen molar-refractivity contribution in [1.29, 1.82) is 0 Å². The number of fused-ring (bicyclic) bond motifs is 1. The summed E-state index contributed by atoms with van der Waals surface area (Å²) >= 11 is 0. The lowest BCUT2D eigenvalue weighted by atomic mass is 10.1. The van der Waals surface area contributed by atoms with Crippen molar-refractivity contribution in [2.45, 2.75) is 38.2 Å². The standard InChI is InChI=1S/C13H16N2O/c1-8(16)6-9-2-5-11-12(7-9)15-13(14-11)10-3-4-10/h2,5,7-8,10,16H,3-4,6H2,1H3,(H,14,15). The molecular formula is C13H16N2O. The fourth-order valence-electron chi connectivity index (χ4n) is 2.09. The highest BCUT2D eigenvalue weighted by Crippen LogP contribution is 2.39. The Kier molecular flexibility index (Phi) is 2.21. The van der Waals surface area contributed by atoms with Crippen LogP contribution in [0.2, 0.25) is 0 Å². The van der Waals surface area contributed by atoms with Crippen LogP contribution in [0.3, 0.4) is 0 Å². The molecule has 1 atom stereocenters. The van der Waals surface area contributed by atoms with E-state index in [2.05, 4.69) is 16.0 Å². The zero-order valence-corrected chi connectivity index (χ0v) is 9.40. The molecule has 16 heavy (non-hydrogen) atoms. The molecule has 84 valence electrons. The Morgan fingerprint density at radius 3 is 3.00 bits per heavy atom. The summed E-state index contributed by atoms with van der Waals surface area (Å²) in [5, 5.41) is 9.36. The fourth-order valence-corrected chi connectivity index (χ4v) is 2.09. The van der Waals surface area contributed by atoms with Crippen LogP contribution in [-0.4, -0.2) is 21.2 Å². The minimum atomic E-state index is -0.289. The summed E-state index contributed by atoms with van der Waals surface area (Å²) < 4.78 is 0. The summed E-state index contributed by atoms with van der Waals surface area (Å²) in [6.45, 7) is 1.81. The number of hydrogen-bond donors (Lipinski definition) is 2. The van der Waals surface area contributed by atoms with E-state index >= 15 is 0 Å². The predicted molar refractivity (Wildman–Crippen MR) is 63.5 cm³/mol. The van der Waals surface area contributed by atoms with Gasteiger partial charge in [-0.2, -0.15) is 0 Å². The predicted octanol–water partition coefficient (Wildman–Crippen LogP) is 2.36. The average Bonchev–Trinajstić information content (AvgIpc) is 2.98. The van der Waals surface area contributed by atoms with Gasteiger partial charge >= 0.3 is 0 Å². The Bertz CT molecular complexity index is 512. The molecule has 0 saturated heterocycles. The number of nitrogens with one attached hydrogen (secondary N) is 1. The SMILES string of the molecule is CC(O)Cc1ccc2nc(C3CC3)[nH]c2c1. The highest BCUT2D eigenvalue weighted by atomic mass is 16.3. The second-order valence-corrected chi connectivity index (χ2v) is 4.80. The van der Waals surface area contributed by atoms with Crippen molar-refractivity contribution >= 4 is 11.0 Å². The largest absolute Gasteiger partial charge is 0.393 e. The molecule has 1 unspecified atom stereocenters. The monoisotopic (exact) mass is 216 g/mol. The van der Waals surface area contributed by atoms with Crippen LogP contribution >= 0.6 is 0 Å². The molecule has 1 aromatic carbocycles. The Morgan fingerprint density at radius 2 is 2.31 bits per heavy atom.